The molecule has 0 aliphatic carbocycles. The number of aromatic nitrogens is 1. The number of anilines is 1. The summed E-state index contributed by atoms with van der Waals surface area (Å²) in [4.78, 5) is 1.08. The highest BCUT2D eigenvalue weighted by Gasteiger charge is 2.18. The molecule has 96 valence electrons. The first-order chi connectivity index (χ1) is 9.16. The summed E-state index contributed by atoms with van der Waals surface area (Å²) < 4.78 is 5.43. The molecule has 2 aromatic heterocycles. The normalized spacial score (nSPS) is 10.8. The number of rotatable bonds is 2. The van der Waals surface area contributed by atoms with E-state index in [4.69, 9.17) is 10.3 Å². The largest absolute Gasteiger partial charge is 0.380 e. The molecule has 0 atom stereocenters. The molecule has 1 aromatic carbocycles. The molecule has 3 nitrogen and oxygen atoms in total. The average Bonchev–Trinajstić information content (AvgIpc) is 3.01. The van der Waals surface area contributed by atoms with Gasteiger partial charge in [0.25, 0.3) is 0 Å². The first-order valence-corrected chi connectivity index (χ1v) is 6.91. The first kappa shape index (κ1) is 12.0. The smallest absolute Gasteiger partial charge is 0.177 e. The number of benzene rings is 1. The van der Waals surface area contributed by atoms with Gasteiger partial charge in [-0.2, -0.15) is 0 Å². The minimum Gasteiger partial charge on any atom is -0.380 e. The van der Waals surface area contributed by atoms with Crippen LogP contribution in [0.5, 0.6) is 0 Å². The summed E-state index contributed by atoms with van der Waals surface area (Å²) >= 11 is 1.63. The third-order valence-electron chi connectivity index (χ3n) is 3.26. The molecular formula is C15H14N2OS. The van der Waals surface area contributed by atoms with Crippen molar-refractivity contribution >= 4 is 17.2 Å². The van der Waals surface area contributed by atoms with Gasteiger partial charge in [0.15, 0.2) is 11.6 Å². The lowest BCUT2D eigenvalue weighted by molar-refractivity contribution is 0.436. The van der Waals surface area contributed by atoms with Gasteiger partial charge in [-0.15, -0.1) is 11.3 Å². The molecule has 0 spiro atoms. The summed E-state index contributed by atoms with van der Waals surface area (Å²) in [6.07, 6.45) is 0. The van der Waals surface area contributed by atoms with Gasteiger partial charge in [0.2, 0.25) is 0 Å². The number of aryl methyl sites for hydroxylation is 2. The molecule has 0 radical (unpaired) electrons. The Morgan fingerprint density at radius 3 is 2.68 bits per heavy atom. The van der Waals surface area contributed by atoms with E-state index in [9.17, 15) is 0 Å². The Kier molecular flexibility index (Phi) is 2.87. The van der Waals surface area contributed by atoms with Crippen LogP contribution >= 0.6 is 11.3 Å². The topological polar surface area (TPSA) is 52.0 Å². The Bertz CT molecular complexity index is 714. The third-order valence-corrected chi connectivity index (χ3v) is 4.14. The molecule has 0 saturated heterocycles. The van der Waals surface area contributed by atoms with Crippen LogP contribution in [0.1, 0.15) is 11.1 Å². The molecule has 0 saturated carbocycles. The van der Waals surface area contributed by atoms with Crippen molar-refractivity contribution < 1.29 is 4.52 Å². The van der Waals surface area contributed by atoms with E-state index < -0.39 is 0 Å². The SMILES string of the molecule is Cc1ccc(-c2onc(N)c2-c2cccs2)cc1C. The Morgan fingerprint density at radius 1 is 1.16 bits per heavy atom. The lowest BCUT2D eigenvalue weighted by Crippen LogP contribution is -1.87. The van der Waals surface area contributed by atoms with Crippen molar-refractivity contribution in [3.05, 3.63) is 46.8 Å². The van der Waals surface area contributed by atoms with Crippen molar-refractivity contribution in [3.63, 3.8) is 0 Å². The molecule has 4 heteroatoms. The number of nitrogens with zero attached hydrogens (tertiary/aromatic N) is 1. The van der Waals surface area contributed by atoms with Crippen LogP contribution in [0.25, 0.3) is 21.8 Å². The van der Waals surface area contributed by atoms with Gasteiger partial charge in [0, 0.05) is 10.4 Å². The van der Waals surface area contributed by atoms with Crippen molar-refractivity contribution in [1.29, 1.82) is 0 Å². The lowest BCUT2D eigenvalue weighted by atomic mass is 10.0. The van der Waals surface area contributed by atoms with Crippen molar-refractivity contribution in [2.75, 3.05) is 5.73 Å². The number of hydrogen-bond acceptors (Lipinski definition) is 4. The van der Waals surface area contributed by atoms with Crippen molar-refractivity contribution in [2.45, 2.75) is 13.8 Å². The molecule has 0 amide bonds. The maximum atomic E-state index is 5.94. The highest BCUT2D eigenvalue weighted by Crippen LogP contribution is 2.39. The number of thiophene rings is 1. The Labute approximate surface area is 115 Å². The second-order valence-electron chi connectivity index (χ2n) is 4.55. The fraction of sp³-hybridized carbons (Fsp3) is 0.133. The van der Waals surface area contributed by atoms with Crippen LogP contribution in [0.15, 0.2) is 40.2 Å². The van der Waals surface area contributed by atoms with Crippen LogP contribution in [-0.4, -0.2) is 5.16 Å². The molecule has 0 aliphatic heterocycles. The van der Waals surface area contributed by atoms with Crippen LogP contribution in [0, 0.1) is 13.8 Å². The van der Waals surface area contributed by atoms with E-state index >= 15 is 0 Å². The monoisotopic (exact) mass is 270 g/mol. The molecule has 0 bridgehead atoms. The quantitative estimate of drug-likeness (QED) is 0.756. The first-order valence-electron chi connectivity index (χ1n) is 6.03. The minimum absolute atomic E-state index is 0.440. The molecule has 2 N–H and O–H groups in total. The van der Waals surface area contributed by atoms with Gasteiger partial charge < -0.3 is 10.3 Å². The van der Waals surface area contributed by atoms with E-state index in [1.54, 1.807) is 11.3 Å². The highest BCUT2D eigenvalue weighted by atomic mass is 32.1. The number of nitrogen functional groups attached to an aromatic ring is 1. The van der Waals surface area contributed by atoms with E-state index in [1.165, 1.54) is 11.1 Å². The Hall–Kier alpha value is -2.07. The minimum atomic E-state index is 0.440. The van der Waals surface area contributed by atoms with Gasteiger partial charge in [0.1, 0.15) is 0 Å². The maximum Gasteiger partial charge on any atom is 0.177 e. The van der Waals surface area contributed by atoms with E-state index in [2.05, 4.69) is 31.1 Å². The molecule has 2 heterocycles. The fourth-order valence-corrected chi connectivity index (χ4v) is 2.82. The second-order valence-corrected chi connectivity index (χ2v) is 5.50. The Balaban J connectivity index is 2.18. The van der Waals surface area contributed by atoms with Crippen molar-refractivity contribution in [3.8, 4) is 21.8 Å². The molecule has 0 fully saturated rings. The molecular weight excluding hydrogens is 256 g/mol. The molecule has 19 heavy (non-hydrogen) atoms. The zero-order chi connectivity index (χ0) is 13.4. The van der Waals surface area contributed by atoms with Crippen molar-refractivity contribution in [1.82, 2.24) is 5.16 Å². The van der Waals surface area contributed by atoms with Crippen LogP contribution in [0.4, 0.5) is 5.82 Å². The summed E-state index contributed by atoms with van der Waals surface area (Å²) in [7, 11) is 0. The van der Waals surface area contributed by atoms with Gasteiger partial charge >= 0.3 is 0 Å². The molecule has 3 aromatic rings. The van der Waals surface area contributed by atoms with E-state index in [0.29, 0.717) is 5.82 Å². The number of hydrogen-bond donors (Lipinski definition) is 1. The summed E-state index contributed by atoms with van der Waals surface area (Å²) in [6.45, 7) is 4.18. The standard InChI is InChI=1S/C15H14N2OS/c1-9-5-6-11(8-10(9)2)14-13(15(16)17-18-14)12-4-3-7-19-12/h3-8H,1-2H3,(H2,16,17). The van der Waals surface area contributed by atoms with Crippen LogP contribution < -0.4 is 5.73 Å². The van der Waals surface area contributed by atoms with Crippen molar-refractivity contribution in [2.24, 2.45) is 0 Å². The summed E-state index contributed by atoms with van der Waals surface area (Å²) in [6, 6.07) is 10.3. The fourth-order valence-electron chi connectivity index (χ4n) is 2.04. The van der Waals surface area contributed by atoms with Crippen LogP contribution in [0.3, 0.4) is 0 Å². The second kappa shape index (κ2) is 4.55. The van der Waals surface area contributed by atoms with Gasteiger partial charge in [-0.3, -0.25) is 0 Å². The van der Waals surface area contributed by atoms with Crippen LogP contribution in [-0.2, 0) is 0 Å². The zero-order valence-electron chi connectivity index (χ0n) is 10.8. The van der Waals surface area contributed by atoms with Gasteiger partial charge in [-0.05, 0) is 42.5 Å². The lowest BCUT2D eigenvalue weighted by Gasteiger charge is -2.04. The van der Waals surface area contributed by atoms with Gasteiger partial charge in [-0.1, -0.05) is 23.4 Å². The summed E-state index contributed by atoms with van der Waals surface area (Å²) in [5, 5.41) is 5.93. The maximum absolute atomic E-state index is 5.94. The predicted molar refractivity (Wildman–Crippen MR) is 79.1 cm³/mol. The summed E-state index contributed by atoms with van der Waals surface area (Å²) in [5.41, 5.74) is 10.3. The molecule has 3 rings (SSSR count). The summed E-state index contributed by atoms with van der Waals surface area (Å²) in [5.74, 6) is 1.18. The van der Waals surface area contributed by atoms with E-state index in [0.717, 1.165) is 21.8 Å². The van der Waals surface area contributed by atoms with Gasteiger partial charge in [0.05, 0.1) is 5.56 Å². The highest BCUT2D eigenvalue weighted by molar-refractivity contribution is 7.13. The zero-order valence-corrected chi connectivity index (χ0v) is 11.6. The number of nitrogens with two attached hydrogens (primary N) is 1. The van der Waals surface area contributed by atoms with E-state index in [1.807, 2.05) is 23.6 Å². The van der Waals surface area contributed by atoms with Gasteiger partial charge in [-0.25, -0.2) is 0 Å². The third kappa shape index (κ3) is 2.04. The Morgan fingerprint density at radius 2 is 2.00 bits per heavy atom. The molecule has 0 unspecified atom stereocenters. The predicted octanol–water partition coefficient (Wildman–Crippen LogP) is 4.27. The van der Waals surface area contributed by atoms with E-state index in [-0.39, 0.29) is 0 Å². The molecule has 0 aliphatic rings. The van der Waals surface area contributed by atoms with Crippen LogP contribution in [0.2, 0.25) is 0 Å². The average molecular weight is 270 g/mol.